The largest absolute Gasteiger partial charge is 0.536 e. The van der Waals surface area contributed by atoms with Crippen molar-refractivity contribution in [2.75, 3.05) is 0 Å². The molecule has 0 bridgehead atoms. The van der Waals surface area contributed by atoms with Crippen LogP contribution in [0.1, 0.15) is 0 Å². The SMILES string of the molecule is OBOc1cc(-c2ccccc2)ccc1O. The van der Waals surface area contributed by atoms with Gasteiger partial charge >= 0.3 is 7.69 Å². The molecular weight excluding hydrogens is 203 g/mol. The molecule has 0 saturated carbocycles. The summed E-state index contributed by atoms with van der Waals surface area (Å²) in [6.45, 7) is 0. The van der Waals surface area contributed by atoms with Crippen molar-refractivity contribution >= 4 is 7.69 Å². The molecule has 0 spiro atoms. The maximum atomic E-state index is 9.48. The third-order valence-electron chi connectivity index (χ3n) is 2.29. The standard InChI is InChI=1S/C12H11BO3/c14-11-7-6-10(8-12(11)16-13-15)9-4-2-1-3-5-9/h1-8,13-15H. The molecule has 0 aliphatic carbocycles. The van der Waals surface area contributed by atoms with Crippen LogP contribution in [0.5, 0.6) is 11.5 Å². The van der Waals surface area contributed by atoms with Gasteiger partial charge in [0.25, 0.3) is 0 Å². The van der Waals surface area contributed by atoms with Crippen molar-refractivity contribution < 1.29 is 14.8 Å². The third-order valence-corrected chi connectivity index (χ3v) is 2.29. The Kier molecular flexibility index (Phi) is 3.12. The normalized spacial score (nSPS) is 9.81. The van der Waals surface area contributed by atoms with Crippen LogP contribution in [0.4, 0.5) is 0 Å². The second-order valence-electron chi connectivity index (χ2n) is 3.32. The Morgan fingerprint density at radius 3 is 2.38 bits per heavy atom. The second-order valence-corrected chi connectivity index (χ2v) is 3.32. The van der Waals surface area contributed by atoms with Gasteiger partial charge in [-0.25, -0.2) is 0 Å². The molecule has 2 aromatic rings. The van der Waals surface area contributed by atoms with Crippen molar-refractivity contribution in [2.45, 2.75) is 0 Å². The van der Waals surface area contributed by atoms with Crippen LogP contribution in [-0.2, 0) is 0 Å². The number of phenols is 1. The molecule has 0 heterocycles. The van der Waals surface area contributed by atoms with Crippen LogP contribution in [0.3, 0.4) is 0 Å². The van der Waals surface area contributed by atoms with E-state index in [0.717, 1.165) is 11.1 Å². The first-order chi connectivity index (χ1) is 7.81. The Labute approximate surface area is 94.2 Å². The molecule has 2 N–H and O–H groups in total. The highest BCUT2D eigenvalue weighted by Gasteiger charge is 2.05. The van der Waals surface area contributed by atoms with Gasteiger partial charge in [0.05, 0.1) is 0 Å². The van der Waals surface area contributed by atoms with Gasteiger partial charge in [-0.2, -0.15) is 0 Å². The third kappa shape index (κ3) is 2.17. The highest BCUT2D eigenvalue weighted by atomic mass is 16.5. The van der Waals surface area contributed by atoms with Gasteiger partial charge in [0.1, 0.15) is 5.75 Å². The van der Waals surface area contributed by atoms with Crippen molar-refractivity contribution in [1.29, 1.82) is 0 Å². The maximum Gasteiger partial charge on any atom is 0.504 e. The van der Waals surface area contributed by atoms with E-state index in [2.05, 4.69) is 0 Å². The quantitative estimate of drug-likeness (QED) is 0.764. The van der Waals surface area contributed by atoms with E-state index in [9.17, 15) is 5.11 Å². The molecule has 2 rings (SSSR count). The number of benzene rings is 2. The Hall–Kier alpha value is -1.94. The van der Waals surface area contributed by atoms with Gasteiger partial charge in [-0.05, 0) is 23.3 Å². The summed E-state index contributed by atoms with van der Waals surface area (Å²) in [7, 11) is -0.453. The fourth-order valence-corrected chi connectivity index (χ4v) is 1.51. The summed E-state index contributed by atoms with van der Waals surface area (Å²) in [6.07, 6.45) is 0. The lowest BCUT2D eigenvalue weighted by Crippen LogP contribution is -1.99. The molecule has 4 heteroatoms. The number of phenolic OH excluding ortho intramolecular Hbond substituents is 1. The molecule has 0 radical (unpaired) electrons. The summed E-state index contributed by atoms with van der Waals surface area (Å²) in [5.74, 6) is 0.303. The van der Waals surface area contributed by atoms with Crippen molar-refractivity contribution in [1.82, 2.24) is 0 Å². The smallest absolute Gasteiger partial charge is 0.504 e. The van der Waals surface area contributed by atoms with Gasteiger partial charge in [-0.15, -0.1) is 0 Å². The Morgan fingerprint density at radius 1 is 0.938 bits per heavy atom. The summed E-state index contributed by atoms with van der Waals surface area (Å²) < 4.78 is 4.90. The molecule has 16 heavy (non-hydrogen) atoms. The van der Waals surface area contributed by atoms with Crippen LogP contribution >= 0.6 is 0 Å². The molecular formula is C12H11BO3. The lowest BCUT2D eigenvalue weighted by molar-refractivity contribution is 0.410. The first-order valence-electron chi connectivity index (χ1n) is 4.93. The fraction of sp³-hybridized carbons (Fsp3) is 0. The van der Waals surface area contributed by atoms with Crippen molar-refractivity contribution in [3.8, 4) is 22.6 Å². The van der Waals surface area contributed by atoms with Crippen LogP contribution in [0, 0.1) is 0 Å². The number of hydrogen-bond donors (Lipinski definition) is 2. The molecule has 0 saturated heterocycles. The van der Waals surface area contributed by atoms with Crippen LogP contribution < -0.4 is 4.65 Å². The molecule has 0 atom stereocenters. The van der Waals surface area contributed by atoms with E-state index >= 15 is 0 Å². The molecule has 0 amide bonds. The minimum absolute atomic E-state index is 0.0220. The van der Waals surface area contributed by atoms with Crippen LogP contribution in [0.15, 0.2) is 48.5 Å². The maximum absolute atomic E-state index is 9.48. The predicted molar refractivity (Wildman–Crippen MR) is 63.5 cm³/mol. The predicted octanol–water partition coefficient (Wildman–Crippen LogP) is 1.70. The summed E-state index contributed by atoms with van der Waals surface area (Å²) in [4.78, 5) is 0. The molecule has 0 fully saturated rings. The minimum atomic E-state index is -0.453. The van der Waals surface area contributed by atoms with Gasteiger partial charge in [0.2, 0.25) is 0 Å². The van der Waals surface area contributed by atoms with Crippen LogP contribution in [-0.4, -0.2) is 17.8 Å². The first-order valence-corrected chi connectivity index (χ1v) is 4.93. The Balaban J connectivity index is 2.40. The van der Waals surface area contributed by atoms with E-state index in [-0.39, 0.29) is 11.5 Å². The number of rotatable bonds is 3. The molecule has 0 aliphatic rings. The molecule has 2 aromatic carbocycles. The van der Waals surface area contributed by atoms with Crippen molar-refractivity contribution in [3.05, 3.63) is 48.5 Å². The first kappa shape index (κ1) is 10.6. The summed E-state index contributed by atoms with van der Waals surface area (Å²) in [5, 5.41) is 18.1. The van der Waals surface area contributed by atoms with E-state index in [4.69, 9.17) is 9.68 Å². The highest BCUT2D eigenvalue weighted by Crippen LogP contribution is 2.31. The van der Waals surface area contributed by atoms with Gasteiger partial charge in [-0.3, -0.25) is 0 Å². The zero-order valence-corrected chi connectivity index (χ0v) is 8.63. The molecule has 80 valence electrons. The van der Waals surface area contributed by atoms with E-state index in [1.165, 1.54) is 0 Å². The lowest BCUT2D eigenvalue weighted by atomic mass is 10.1. The van der Waals surface area contributed by atoms with Gasteiger partial charge in [-0.1, -0.05) is 36.4 Å². The summed E-state index contributed by atoms with van der Waals surface area (Å²) in [5.41, 5.74) is 1.96. The number of hydrogen-bond acceptors (Lipinski definition) is 3. The zero-order valence-electron chi connectivity index (χ0n) is 8.63. The van der Waals surface area contributed by atoms with Gasteiger partial charge in [0, 0.05) is 0 Å². The number of aromatic hydroxyl groups is 1. The average molecular weight is 214 g/mol. The molecule has 0 unspecified atom stereocenters. The van der Waals surface area contributed by atoms with E-state index in [1.54, 1.807) is 18.2 Å². The highest BCUT2D eigenvalue weighted by molar-refractivity contribution is 6.17. The monoisotopic (exact) mass is 214 g/mol. The van der Waals surface area contributed by atoms with Crippen LogP contribution in [0.2, 0.25) is 0 Å². The summed E-state index contributed by atoms with van der Waals surface area (Å²) >= 11 is 0. The van der Waals surface area contributed by atoms with Crippen LogP contribution in [0.25, 0.3) is 11.1 Å². The molecule has 3 nitrogen and oxygen atoms in total. The second kappa shape index (κ2) is 4.72. The minimum Gasteiger partial charge on any atom is -0.536 e. The molecule has 0 aromatic heterocycles. The Bertz CT molecular complexity index is 471. The fourth-order valence-electron chi connectivity index (χ4n) is 1.51. The molecule has 0 aliphatic heterocycles. The zero-order chi connectivity index (χ0) is 11.4. The Morgan fingerprint density at radius 2 is 1.69 bits per heavy atom. The lowest BCUT2D eigenvalue weighted by Gasteiger charge is -2.07. The van der Waals surface area contributed by atoms with E-state index in [1.807, 2.05) is 30.3 Å². The average Bonchev–Trinajstić information content (AvgIpc) is 2.33. The topological polar surface area (TPSA) is 49.7 Å². The van der Waals surface area contributed by atoms with E-state index < -0.39 is 7.69 Å². The summed E-state index contributed by atoms with van der Waals surface area (Å²) in [6, 6.07) is 14.8. The van der Waals surface area contributed by atoms with Gasteiger partial charge in [0.15, 0.2) is 5.75 Å². The van der Waals surface area contributed by atoms with E-state index in [0.29, 0.717) is 0 Å². The van der Waals surface area contributed by atoms with Crippen molar-refractivity contribution in [2.24, 2.45) is 0 Å². The van der Waals surface area contributed by atoms with Crippen molar-refractivity contribution in [3.63, 3.8) is 0 Å². The van der Waals surface area contributed by atoms with Gasteiger partial charge < -0.3 is 14.8 Å².